The number of azide groups is 1. The zero-order chi connectivity index (χ0) is 13.1. The van der Waals surface area contributed by atoms with Crippen molar-refractivity contribution in [3.05, 3.63) is 71.2 Å². The molecule has 0 aliphatic carbocycles. The molecule has 4 nitrogen and oxygen atoms in total. The Kier molecular flexibility index (Phi) is 2.85. The van der Waals surface area contributed by atoms with Crippen LogP contribution in [0.1, 0.15) is 0 Å². The molecule has 0 radical (unpaired) electrons. The van der Waals surface area contributed by atoms with Crippen LogP contribution in [0.15, 0.2) is 65.9 Å². The molecule has 4 heteroatoms. The third kappa shape index (κ3) is 2.25. The summed E-state index contributed by atoms with van der Waals surface area (Å²) in [5.74, 6) is 0. The van der Waals surface area contributed by atoms with E-state index >= 15 is 0 Å². The van der Waals surface area contributed by atoms with Crippen LogP contribution in [0.4, 0.5) is 5.69 Å². The van der Waals surface area contributed by atoms with Crippen molar-refractivity contribution in [2.24, 2.45) is 5.11 Å². The van der Waals surface area contributed by atoms with Crippen molar-refractivity contribution in [2.75, 3.05) is 0 Å². The van der Waals surface area contributed by atoms with E-state index in [1.165, 1.54) is 0 Å². The lowest BCUT2D eigenvalue weighted by Crippen LogP contribution is -1.82. The minimum atomic E-state index is 0.605. The highest BCUT2D eigenvalue weighted by Gasteiger charge is 2.01. The number of aromatic nitrogens is 1. The van der Waals surface area contributed by atoms with Crippen LogP contribution < -0.4 is 0 Å². The van der Waals surface area contributed by atoms with Crippen molar-refractivity contribution < 1.29 is 0 Å². The molecule has 0 aliphatic rings. The maximum Gasteiger partial charge on any atom is 0.0702 e. The van der Waals surface area contributed by atoms with Gasteiger partial charge in [0, 0.05) is 27.7 Å². The molecule has 0 amide bonds. The number of nitrogens with zero attached hydrogens (tertiary/aromatic N) is 4. The van der Waals surface area contributed by atoms with Gasteiger partial charge in [0.15, 0.2) is 0 Å². The first-order valence-corrected chi connectivity index (χ1v) is 5.87. The highest BCUT2D eigenvalue weighted by Crippen LogP contribution is 2.26. The second-order valence-electron chi connectivity index (χ2n) is 4.16. The predicted molar refractivity (Wildman–Crippen MR) is 76.0 cm³/mol. The van der Waals surface area contributed by atoms with Crippen LogP contribution in [0.5, 0.6) is 0 Å². The highest BCUT2D eigenvalue weighted by atomic mass is 15.1. The first kappa shape index (κ1) is 11.3. The normalized spacial score (nSPS) is 10.1. The maximum absolute atomic E-state index is 8.47. The van der Waals surface area contributed by atoms with Crippen molar-refractivity contribution in [3.8, 4) is 11.1 Å². The van der Waals surface area contributed by atoms with E-state index in [0.29, 0.717) is 5.69 Å². The summed E-state index contributed by atoms with van der Waals surface area (Å²) in [5.41, 5.74) is 12.0. The summed E-state index contributed by atoms with van der Waals surface area (Å²) in [7, 11) is 0. The average Bonchev–Trinajstić information content (AvgIpc) is 2.47. The second kappa shape index (κ2) is 4.80. The molecule has 3 aromatic rings. The van der Waals surface area contributed by atoms with E-state index < -0.39 is 0 Å². The molecule has 1 aromatic heterocycles. The van der Waals surface area contributed by atoms with Crippen LogP contribution >= 0.6 is 0 Å². The fourth-order valence-electron chi connectivity index (χ4n) is 2.03. The molecule has 19 heavy (non-hydrogen) atoms. The minimum absolute atomic E-state index is 0.605. The van der Waals surface area contributed by atoms with E-state index in [2.05, 4.69) is 21.1 Å². The van der Waals surface area contributed by atoms with E-state index in [9.17, 15) is 0 Å². The van der Waals surface area contributed by atoms with E-state index in [0.717, 1.165) is 22.0 Å². The van der Waals surface area contributed by atoms with E-state index in [4.69, 9.17) is 5.53 Å². The zero-order valence-corrected chi connectivity index (χ0v) is 10.1. The van der Waals surface area contributed by atoms with Gasteiger partial charge < -0.3 is 0 Å². The van der Waals surface area contributed by atoms with Gasteiger partial charge in [-0.25, -0.2) is 0 Å². The molecule has 0 saturated heterocycles. The van der Waals surface area contributed by atoms with Gasteiger partial charge in [0.25, 0.3) is 0 Å². The van der Waals surface area contributed by atoms with Crippen LogP contribution in [-0.4, -0.2) is 4.98 Å². The summed E-state index contributed by atoms with van der Waals surface area (Å²) in [6.45, 7) is 0. The Labute approximate surface area is 110 Å². The van der Waals surface area contributed by atoms with Crippen LogP contribution in [0.3, 0.4) is 0 Å². The monoisotopic (exact) mass is 246 g/mol. The van der Waals surface area contributed by atoms with Crippen LogP contribution in [-0.2, 0) is 0 Å². The summed E-state index contributed by atoms with van der Waals surface area (Å²) in [6, 6.07) is 17.5. The molecule has 0 unspecified atom stereocenters. The summed E-state index contributed by atoms with van der Waals surface area (Å²) in [6.07, 6.45) is 1.83. The smallest absolute Gasteiger partial charge is 0.0702 e. The first-order valence-electron chi connectivity index (χ1n) is 5.87. The molecule has 0 bridgehead atoms. The van der Waals surface area contributed by atoms with Crippen molar-refractivity contribution in [1.29, 1.82) is 0 Å². The van der Waals surface area contributed by atoms with Gasteiger partial charge >= 0.3 is 0 Å². The van der Waals surface area contributed by atoms with Crippen molar-refractivity contribution in [1.82, 2.24) is 4.98 Å². The van der Waals surface area contributed by atoms with Gasteiger partial charge in [0.1, 0.15) is 0 Å². The fraction of sp³-hybridized carbons (Fsp3) is 0. The number of pyridine rings is 1. The van der Waals surface area contributed by atoms with Crippen molar-refractivity contribution >= 4 is 16.6 Å². The van der Waals surface area contributed by atoms with Gasteiger partial charge in [0.05, 0.1) is 5.52 Å². The van der Waals surface area contributed by atoms with Crippen molar-refractivity contribution in [3.63, 3.8) is 0 Å². The average molecular weight is 246 g/mol. The lowest BCUT2D eigenvalue weighted by atomic mass is 10.1. The number of rotatable bonds is 2. The molecule has 3 rings (SSSR count). The first-order chi connectivity index (χ1) is 9.36. The molecule has 0 fully saturated rings. The van der Waals surface area contributed by atoms with Crippen LogP contribution in [0.25, 0.3) is 32.5 Å². The van der Waals surface area contributed by atoms with Crippen molar-refractivity contribution in [2.45, 2.75) is 0 Å². The van der Waals surface area contributed by atoms with E-state index in [1.54, 1.807) is 6.07 Å². The molecular formula is C15H10N4. The number of hydrogen-bond donors (Lipinski definition) is 0. The van der Waals surface area contributed by atoms with Gasteiger partial charge in [-0.1, -0.05) is 41.5 Å². The third-order valence-corrected chi connectivity index (χ3v) is 2.93. The molecule has 2 aromatic carbocycles. The lowest BCUT2D eigenvalue weighted by molar-refractivity contribution is 1.40. The Morgan fingerprint density at radius 3 is 2.74 bits per heavy atom. The van der Waals surface area contributed by atoms with Crippen LogP contribution in [0.2, 0.25) is 0 Å². The molecule has 0 N–H and O–H groups in total. The molecule has 0 saturated carbocycles. The quantitative estimate of drug-likeness (QED) is 0.362. The van der Waals surface area contributed by atoms with E-state index in [-0.39, 0.29) is 0 Å². The Morgan fingerprint density at radius 1 is 0.947 bits per heavy atom. The highest BCUT2D eigenvalue weighted by molar-refractivity contribution is 5.83. The summed E-state index contributed by atoms with van der Waals surface area (Å²) in [5, 5.41) is 4.71. The third-order valence-electron chi connectivity index (χ3n) is 2.93. The molecule has 90 valence electrons. The summed E-state index contributed by atoms with van der Waals surface area (Å²) >= 11 is 0. The Hall–Kier alpha value is -2.84. The standard InChI is InChI=1S/C15H10N4/c16-19-18-14-6-3-5-11(9-14)13-8-12-4-1-2-7-15(12)17-10-13/h1-10H. The van der Waals surface area contributed by atoms with Gasteiger partial charge in [-0.15, -0.1) is 0 Å². The van der Waals surface area contributed by atoms with Gasteiger partial charge in [-0.2, -0.15) is 0 Å². The Bertz CT molecular complexity index is 789. The molecule has 0 spiro atoms. The number of benzene rings is 2. The predicted octanol–water partition coefficient (Wildman–Crippen LogP) is 4.84. The maximum atomic E-state index is 8.47. The molecule has 0 atom stereocenters. The minimum Gasteiger partial charge on any atom is -0.256 e. The number of fused-ring (bicyclic) bond motifs is 1. The lowest BCUT2D eigenvalue weighted by Gasteiger charge is -2.04. The second-order valence-corrected chi connectivity index (χ2v) is 4.16. The van der Waals surface area contributed by atoms with Crippen LogP contribution in [0, 0.1) is 0 Å². The van der Waals surface area contributed by atoms with E-state index in [1.807, 2.05) is 48.7 Å². The number of para-hydroxylation sites is 1. The molecule has 1 heterocycles. The van der Waals surface area contributed by atoms with Gasteiger partial charge in [0.2, 0.25) is 0 Å². The van der Waals surface area contributed by atoms with Gasteiger partial charge in [-0.3, -0.25) is 4.98 Å². The summed E-state index contributed by atoms with van der Waals surface area (Å²) in [4.78, 5) is 7.23. The van der Waals surface area contributed by atoms with Gasteiger partial charge in [-0.05, 0) is 29.3 Å². The largest absolute Gasteiger partial charge is 0.256 e. The fourth-order valence-corrected chi connectivity index (χ4v) is 2.03. The molecule has 0 aliphatic heterocycles. The zero-order valence-electron chi connectivity index (χ0n) is 10.1. The Morgan fingerprint density at radius 2 is 1.84 bits per heavy atom. The number of hydrogen-bond acceptors (Lipinski definition) is 2. The molecular weight excluding hydrogens is 236 g/mol. The Balaban J connectivity index is 2.13. The topological polar surface area (TPSA) is 61.7 Å². The SMILES string of the molecule is [N-]=[N+]=Nc1cccc(-c2cnc3ccccc3c2)c1. The summed E-state index contributed by atoms with van der Waals surface area (Å²) < 4.78 is 0.